The second kappa shape index (κ2) is 10.7. The number of likely N-dealkylation sites (tertiary alicyclic amines) is 2. The lowest BCUT2D eigenvalue weighted by molar-refractivity contribution is -0.137. The summed E-state index contributed by atoms with van der Waals surface area (Å²) in [5.74, 6) is 2.15. The zero-order chi connectivity index (χ0) is 21.5. The Bertz CT molecular complexity index is 720. The SMILES string of the molecule is COc1cc(C(=O)N2CCC(C(=O)N3CCCCC3)CC2)ccc1OCCC(C)C. The van der Waals surface area contributed by atoms with Crippen LogP contribution >= 0.6 is 0 Å². The number of ether oxygens (including phenoxy) is 2. The molecule has 0 bridgehead atoms. The maximum Gasteiger partial charge on any atom is 0.253 e. The number of amides is 2. The summed E-state index contributed by atoms with van der Waals surface area (Å²) in [4.78, 5) is 29.6. The van der Waals surface area contributed by atoms with Gasteiger partial charge in [0.1, 0.15) is 0 Å². The number of rotatable bonds is 7. The molecule has 166 valence electrons. The van der Waals surface area contributed by atoms with Gasteiger partial charge in [-0.2, -0.15) is 0 Å². The van der Waals surface area contributed by atoms with E-state index in [-0.39, 0.29) is 17.7 Å². The highest BCUT2D eigenvalue weighted by Gasteiger charge is 2.31. The summed E-state index contributed by atoms with van der Waals surface area (Å²) >= 11 is 0. The van der Waals surface area contributed by atoms with Gasteiger partial charge < -0.3 is 19.3 Å². The highest BCUT2D eigenvalue weighted by atomic mass is 16.5. The van der Waals surface area contributed by atoms with Crippen molar-refractivity contribution in [3.63, 3.8) is 0 Å². The molecule has 3 rings (SSSR count). The topological polar surface area (TPSA) is 59.1 Å². The third-order valence-electron chi connectivity index (χ3n) is 6.16. The smallest absolute Gasteiger partial charge is 0.253 e. The number of piperidine rings is 2. The van der Waals surface area contributed by atoms with E-state index in [0.29, 0.717) is 42.7 Å². The van der Waals surface area contributed by atoms with Crippen LogP contribution in [0.15, 0.2) is 18.2 Å². The second-order valence-electron chi connectivity index (χ2n) is 8.85. The van der Waals surface area contributed by atoms with Gasteiger partial charge >= 0.3 is 0 Å². The van der Waals surface area contributed by atoms with Gasteiger partial charge in [0.2, 0.25) is 5.91 Å². The first-order chi connectivity index (χ1) is 14.5. The third-order valence-corrected chi connectivity index (χ3v) is 6.16. The summed E-state index contributed by atoms with van der Waals surface area (Å²) in [6.45, 7) is 7.97. The highest BCUT2D eigenvalue weighted by molar-refractivity contribution is 5.95. The van der Waals surface area contributed by atoms with Crippen LogP contribution in [-0.4, -0.2) is 61.5 Å². The van der Waals surface area contributed by atoms with Crippen molar-refractivity contribution in [2.45, 2.75) is 52.4 Å². The molecular formula is C24H36N2O4. The Labute approximate surface area is 180 Å². The summed E-state index contributed by atoms with van der Waals surface area (Å²) in [6.07, 6.45) is 5.91. The molecule has 0 radical (unpaired) electrons. The molecule has 0 aromatic heterocycles. The molecule has 2 aliphatic rings. The van der Waals surface area contributed by atoms with Gasteiger partial charge in [0.05, 0.1) is 13.7 Å². The molecule has 6 heteroatoms. The first-order valence-corrected chi connectivity index (χ1v) is 11.4. The number of hydrogen-bond acceptors (Lipinski definition) is 4. The van der Waals surface area contributed by atoms with Gasteiger partial charge in [-0.15, -0.1) is 0 Å². The fourth-order valence-electron chi connectivity index (χ4n) is 4.21. The number of benzene rings is 1. The van der Waals surface area contributed by atoms with Crippen LogP contribution < -0.4 is 9.47 Å². The van der Waals surface area contributed by atoms with Crippen LogP contribution in [0.5, 0.6) is 11.5 Å². The van der Waals surface area contributed by atoms with Crippen molar-refractivity contribution >= 4 is 11.8 Å². The van der Waals surface area contributed by atoms with E-state index in [1.165, 1.54) is 6.42 Å². The summed E-state index contributed by atoms with van der Waals surface area (Å²) in [5, 5.41) is 0. The van der Waals surface area contributed by atoms with Crippen molar-refractivity contribution in [3.05, 3.63) is 23.8 Å². The predicted molar refractivity (Wildman–Crippen MR) is 117 cm³/mol. The van der Waals surface area contributed by atoms with Crippen molar-refractivity contribution in [2.75, 3.05) is 39.9 Å². The molecule has 0 spiro atoms. The fourth-order valence-corrected chi connectivity index (χ4v) is 4.21. The average Bonchev–Trinajstić information content (AvgIpc) is 2.78. The normalized spacial score (nSPS) is 17.9. The minimum Gasteiger partial charge on any atom is -0.493 e. The van der Waals surface area contributed by atoms with Crippen LogP contribution in [0.4, 0.5) is 0 Å². The Morgan fingerprint density at radius 3 is 2.33 bits per heavy atom. The van der Waals surface area contributed by atoms with Gasteiger partial charge in [-0.1, -0.05) is 13.8 Å². The van der Waals surface area contributed by atoms with E-state index >= 15 is 0 Å². The zero-order valence-corrected chi connectivity index (χ0v) is 18.7. The monoisotopic (exact) mass is 416 g/mol. The number of hydrogen-bond donors (Lipinski definition) is 0. The third kappa shape index (κ3) is 5.67. The molecule has 30 heavy (non-hydrogen) atoms. The largest absolute Gasteiger partial charge is 0.493 e. The first kappa shape index (κ1) is 22.4. The quantitative estimate of drug-likeness (QED) is 0.674. The Hall–Kier alpha value is -2.24. The number of carbonyl (C=O) groups is 2. The molecule has 2 aliphatic heterocycles. The molecule has 1 aromatic carbocycles. The average molecular weight is 417 g/mol. The van der Waals surface area contributed by atoms with Crippen LogP contribution in [0.3, 0.4) is 0 Å². The molecule has 2 amide bonds. The van der Waals surface area contributed by atoms with Gasteiger partial charge in [0, 0.05) is 37.7 Å². The van der Waals surface area contributed by atoms with Crippen molar-refractivity contribution < 1.29 is 19.1 Å². The first-order valence-electron chi connectivity index (χ1n) is 11.4. The zero-order valence-electron chi connectivity index (χ0n) is 18.7. The Morgan fingerprint density at radius 1 is 1.00 bits per heavy atom. The van der Waals surface area contributed by atoms with Crippen molar-refractivity contribution in [3.8, 4) is 11.5 Å². The maximum atomic E-state index is 13.0. The Kier molecular flexibility index (Phi) is 8.00. The molecule has 2 heterocycles. The van der Waals surface area contributed by atoms with Crippen LogP contribution in [0.25, 0.3) is 0 Å². The molecule has 2 saturated heterocycles. The van der Waals surface area contributed by atoms with Gasteiger partial charge in [-0.05, 0) is 62.6 Å². The van der Waals surface area contributed by atoms with Gasteiger partial charge in [-0.3, -0.25) is 9.59 Å². The van der Waals surface area contributed by atoms with E-state index in [1.807, 2.05) is 15.9 Å². The Morgan fingerprint density at radius 2 is 1.70 bits per heavy atom. The Balaban J connectivity index is 1.55. The molecular weight excluding hydrogens is 380 g/mol. The molecule has 0 saturated carbocycles. The highest BCUT2D eigenvalue weighted by Crippen LogP contribution is 2.30. The van der Waals surface area contributed by atoms with Crippen LogP contribution in [0.1, 0.15) is 62.7 Å². The van der Waals surface area contributed by atoms with Crippen molar-refractivity contribution in [1.29, 1.82) is 0 Å². The van der Waals surface area contributed by atoms with Gasteiger partial charge in [-0.25, -0.2) is 0 Å². The molecule has 6 nitrogen and oxygen atoms in total. The minimum absolute atomic E-state index is 0.00842. The van der Waals surface area contributed by atoms with Crippen LogP contribution in [0, 0.1) is 11.8 Å². The van der Waals surface area contributed by atoms with Crippen LogP contribution in [-0.2, 0) is 4.79 Å². The summed E-state index contributed by atoms with van der Waals surface area (Å²) < 4.78 is 11.3. The van der Waals surface area contributed by atoms with E-state index < -0.39 is 0 Å². The lowest BCUT2D eigenvalue weighted by Gasteiger charge is -2.35. The van der Waals surface area contributed by atoms with Crippen LogP contribution in [0.2, 0.25) is 0 Å². The van der Waals surface area contributed by atoms with E-state index in [2.05, 4.69) is 13.8 Å². The number of carbonyl (C=O) groups excluding carboxylic acids is 2. The van der Waals surface area contributed by atoms with E-state index in [1.54, 1.807) is 19.2 Å². The lowest BCUT2D eigenvalue weighted by Crippen LogP contribution is -2.45. The standard InChI is InChI=1S/C24H36N2O4/c1-18(2)11-16-30-21-8-7-20(17-22(21)29-3)24(28)26-14-9-19(10-15-26)23(27)25-12-5-4-6-13-25/h7-8,17-19H,4-6,9-16H2,1-3H3. The summed E-state index contributed by atoms with van der Waals surface area (Å²) in [7, 11) is 1.59. The minimum atomic E-state index is -0.00842. The number of nitrogens with zero attached hydrogens (tertiary/aromatic N) is 2. The predicted octanol–water partition coefficient (Wildman–Crippen LogP) is 3.98. The molecule has 0 N–H and O–H groups in total. The molecule has 2 fully saturated rings. The molecule has 0 atom stereocenters. The van der Waals surface area contributed by atoms with Gasteiger partial charge in [0.15, 0.2) is 11.5 Å². The maximum absolute atomic E-state index is 13.0. The van der Waals surface area contributed by atoms with E-state index in [0.717, 1.165) is 45.2 Å². The number of methoxy groups -OCH3 is 1. The summed E-state index contributed by atoms with van der Waals surface area (Å²) in [5.41, 5.74) is 0.601. The molecule has 0 aliphatic carbocycles. The van der Waals surface area contributed by atoms with Crippen molar-refractivity contribution in [2.24, 2.45) is 11.8 Å². The van der Waals surface area contributed by atoms with E-state index in [4.69, 9.17) is 9.47 Å². The van der Waals surface area contributed by atoms with E-state index in [9.17, 15) is 9.59 Å². The van der Waals surface area contributed by atoms with Gasteiger partial charge in [0.25, 0.3) is 5.91 Å². The van der Waals surface area contributed by atoms with Crippen molar-refractivity contribution in [1.82, 2.24) is 9.80 Å². The molecule has 1 aromatic rings. The lowest BCUT2D eigenvalue weighted by atomic mass is 9.94. The summed E-state index contributed by atoms with van der Waals surface area (Å²) in [6, 6.07) is 5.39. The second-order valence-corrected chi connectivity index (χ2v) is 8.85. The molecule has 0 unspecified atom stereocenters. The fraction of sp³-hybridized carbons (Fsp3) is 0.667.